The maximum Gasteiger partial charge on any atom is 0.234 e. The van der Waals surface area contributed by atoms with Crippen molar-refractivity contribution in [2.45, 2.75) is 31.7 Å². The molecule has 0 saturated heterocycles. The Hall–Kier alpha value is -2.48. The predicted molar refractivity (Wildman–Crippen MR) is 126 cm³/mol. The van der Waals surface area contributed by atoms with Crippen LogP contribution in [0.4, 0.5) is 5.69 Å². The van der Waals surface area contributed by atoms with Gasteiger partial charge in [0.1, 0.15) is 5.75 Å². The van der Waals surface area contributed by atoms with E-state index >= 15 is 0 Å². The maximum absolute atomic E-state index is 12.3. The van der Waals surface area contributed by atoms with Crippen molar-refractivity contribution in [3.05, 3.63) is 76.6 Å². The largest absolute Gasteiger partial charge is 0.482 e. The first-order valence-corrected chi connectivity index (χ1v) is 11.3. The minimum atomic E-state index is -0.359. The molecule has 1 amide bonds. The van der Waals surface area contributed by atoms with Gasteiger partial charge in [-0.05, 0) is 55.8 Å². The molecule has 1 N–H and O–H groups in total. The van der Waals surface area contributed by atoms with E-state index in [1.54, 1.807) is 36.4 Å². The molecule has 31 heavy (non-hydrogen) atoms. The smallest absolute Gasteiger partial charge is 0.234 e. The van der Waals surface area contributed by atoms with Gasteiger partial charge in [0.05, 0.1) is 5.75 Å². The Kier molecular flexibility index (Phi) is 8.01. The first-order valence-electron chi connectivity index (χ1n) is 9.52. The van der Waals surface area contributed by atoms with E-state index in [-0.39, 0.29) is 17.8 Å². The molecule has 3 aromatic rings. The van der Waals surface area contributed by atoms with Crippen molar-refractivity contribution >= 4 is 46.6 Å². The van der Waals surface area contributed by atoms with Crippen LogP contribution in [-0.4, -0.2) is 26.4 Å². The fourth-order valence-corrected chi connectivity index (χ4v) is 4.06. The maximum atomic E-state index is 12.3. The summed E-state index contributed by atoms with van der Waals surface area (Å²) in [4.78, 5) is 12.3. The van der Waals surface area contributed by atoms with Crippen LogP contribution in [0.2, 0.25) is 10.0 Å². The van der Waals surface area contributed by atoms with E-state index in [4.69, 9.17) is 27.9 Å². The van der Waals surface area contributed by atoms with Gasteiger partial charge in [-0.1, -0.05) is 47.1 Å². The summed E-state index contributed by atoms with van der Waals surface area (Å²) in [7, 11) is 0. The van der Waals surface area contributed by atoms with Crippen molar-refractivity contribution in [2.24, 2.45) is 0 Å². The number of allylic oxidation sites excluding steroid dienone is 1. The average Bonchev–Trinajstić information content (AvgIpc) is 3.11. The zero-order valence-electron chi connectivity index (χ0n) is 17.1. The molecule has 0 spiro atoms. The van der Waals surface area contributed by atoms with Crippen LogP contribution >= 0.6 is 35.0 Å². The molecule has 0 bridgehead atoms. The number of hydrogen-bond donors (Lipinski definition) is 1. The number of carbonyl (C=O) groups is 1. The third-order valence-corrected chi connectivity index (χ3v) is 5.74. The molecule has 6 nitrogen and oxygen atoms in total. The van der Waals surface area contributed by atoms with Gasteiger partial charge in [0.15, 0.2) is 17.1 Å². The lowest BCUT2D eigenvalue weighted by molar-refractivity contribution is -0.113. The van der Waals surface area contributed by atoms with Crippen LogP contribution in [0.25, 0.3) is 0 Å². The summed E-state index contributed by atoms with van der Waals surface area (Å²) in [5.74, 6) is 1.38. The summed E-state index contributed by atoms with van der Waals surface area (Å²) in [5, 5.41) is 13.2. The lowest BCUT2D eigenvalue weighted by Crippen LogP contribution is -2.15. The van der Waals surface area contributed by atoms with Crippen LogP contribution in [0.1, 0.15) is 24.4 Å². The van der Waals surface area contributed by atoms with E-state index in [1.807, 2.05) is 30.5 Å². The fourth-order valence-electron chi connectivity index (χ4n) is 2.89. The molecule has 9 heteroatoms. The standard InChI is InChI=1S/C22H22Cl2N4O2S/c1-4-10-28-21(15(3)30-19-9-8-17(24)11-14(19)2)26-27-22(28)31-13-20(29)25-18-7-5-6-16(23)12-18/h4-9,11-12,15H,1,10,13H2,2-3H3,(H,25,29). The number of benzene rings is 2. The number of carbonyl (C=O) groups excluding carboxylic acids is 1. The summed E-state index contributed by atoms with van der Waals surface area (Å²) in [6, 6.07) is 12.5. The van der Waals surface area contributed by atoms with Gasteiger partial charge in [0.2, 0.25) is 5.91 Å². The fraction of sp³-hybridized carbons (Fsp3) is 0.227. The number of rotatable bonds is 9. The van der Waals surface area contributed by atoms with E-state index in [0.29, 0.717) is 33.3 Å². The molecule has 0 aliphatic carbocycles. The highest BCUT2D eigenvalue weighted by Gasteiger charge is 2.20. The molecule has 1 heterocycles. The van der Waals surface area contributed by atoms with Gasteiger partial charge >= 0.3 is 0 Å². The van der Waals surface area contributed by atoms with Crippen molar-refractivity contribution in [1.82, 2.24) is 14.8 Å². The highest BCUT2D eigenvalue weighted by Crippen LogP contribution is 2.28. The number of aromatic nitrogens is 3. The number of ether oxygens (including phenoxy) is 1. The highest BCUT2D eigenvalue weighted by molar-refractivity contribution is 7.99. The zero-order chi connectivity index (χ0) is 22.4. The first kappa shape index (κ1) is 23.2. The molecule has 1 aromatic heterocycles. The molecule has 0 saturated carbocycles. The SMILES string of the molecule is C=CCn1c(SCC(=O)Nc2cccc(Cl)c2)nnc1C(C)Oc1ccc(Cl)cc1C. The lowest BCUT2D eigenvalue weighted by atomic mass is 10.2. The van der Waals surface area contributed by atoms with Crippen molar-refractivity contribution in [3.63, 3.8) is 0 Å². The van der Waals surface area contributed by atoms with Crippen LogP contribution in [0.15, 0.2) is 60.3 Å². The monoisotopic (exact) mass is 476 g/mol. The molecule has 0 aliphatic heterocycles. The zero-order valence-corrected chi connectivity index (χ0v) is 19.5. The van der Waals surface area contributed by atoms with Crippen molar-refractivity contribution < 1.29 is 9.53 Å². The summed E-state index contributed by atoms with van der Waals surface area (Å²) in [6.45, 7) is 8.14. The van der Waals surface area contributed by atoms with Gasteiger partial charge in [-0.3, -0.25) is 9.36 Å². The summed E-state index contributed by atoms with van der Waals surface area (Å²) in [5.41, 5.74) is 1.58. The number of hydrogen-bond acceptors (Lipinski definition) is 5. The Labute approximate surface area is 195 Å². The Morgan fingerprint density at radius 1 is 1.26 bits per heavy atom. The molecule has 0 radical (unpaired) electrons. The Morgan fingerprint density at radius 3 is 2.74 bits per heavy atom. The normalized spacial score (nSPS) is 11.7. The van der Waals surface area contributed by atoms with E-state index in [0.717, 1.165) is 11.3 Å². The molecule has 3 rings (SSSR count). The van der Waals surface area contributed by atoms with Crippen molar-refractivity contribution in [2.75, 3.05) is 11.1 Å². The lowest BCUT2D eigenvalue weighted by Gasteiger charge is -2.17. The second-order valence-corrected chi connectivity index (χ2v) is 8.57. The van der Waals surface area contributed by atoms with Gasteiger partial charge in [-0.15, -0.1) is 16.8 Å². The quantitative estimate of drug-likeness (QED) is 0.305. The second kappa shape index (κ2) is 10.7. The number of anilines is 1. The number of halogens is 2. The number of thioether (sulfide) groups is 1. The van der Waals surface area contributed by atoms with Gasteiger partial charge in [-0.2, -0.15) is 0 Å². The second-order valence-electron chi connectivity index (χ2n) is 6.76. The van der Waals surface area contributed by atoms with Crippen molar-refractivity contribution in [3.8, 4) is 5.75 Å². The molecular weight excluding hydrogens is 455 g/mol. The van der Waals surface area contributed by atoms with E-state index < -0.39 is 0 Å². The number of nitrogens with zero attached hydrogens (tertiary/aromatic N) is 3. The molecule has 1 unspecified atom stereocenters. The van der Waals surface area contributed by atoms with Crippen LogP contribution in [0.5, 0.6) is 5.75 Å². The molecule has 1 atom stereocenters. The predicted octanol–water partition coefficient (Wildman–Crippen LogP) is 5.95. The number of aryl methyl sites for hydroxylation is 1. The third-order valence-electron chi connectivity index (χ3n) is 4.30. The highest BCUT2D eigenvalue weighted by atomic mass is 35.5. The molecule has 162 valence electrons. The summed E-state index contributed by atoms with van der Waals surface area (Å²) >= 11 is 13.3. The third kappa shape index (κ3) is 6.26. The topological polar surface area (TPSA) is 69.0 Å². The Morgan fingerprint density at radius 2 is 2.03 bits per heavy atom. The first-order chi connectivity index (χ1) is 14.9. The summed E-state index contributed by atoms with van der Waals surface area (Å²) < 4.78 is 7.97. The van der Waals surface area contributed by atoms with E-state index in [9.17, 15) is 4.79 Å². The van der Waals surface area contributed by atoms with E-state index in [2.05, 4.69) is 22.1 Å². The van der Waals surface area contributed by atoms with Gasteiger partial charge in [0.25, 0.3) is 0 Å². The van der Waals surface area contributed by atoms with Gasteiger partial charge < -0.3 is 10.1 Å². The Bertz CT molecular complexity index is 1090. The molecular formula is C22H22Cl2N4O2S. The van der Waals surface area contributed by atoms with Crippen LogP contribution in [-0.2, 0) is 11.3 Å². The molecule has 0 fully saturated rings. The molecule has 2 aromatic carbocycles. The van der Waals surface area contributed by atoms with Crippen LogP contribution < -0.4 is 10.1 Å². The van der Waals surface area contributed by atoms with Crippen molar-refractivity contribution in [1.29, 1.82) is 0 Å². The summed E-state index contributed by atoms with van der Waals surface area (Å²) in [6.07, 6.45) is 1.39. The van der Waals surface area contributed by atoms with Gasteiger partial charge in [-0.25, -0.2) is 0 Å². The van der Waals surface area contributed by atoms with Crippen LogP contribution in [0, 0.1) is 6.92 Å². The van der Waals surface area contributed by atoms with E-state index in [1.165, 1.54) is 11.8 Å². The number of amides is 1. The number of nitrogens with one attached hydrogen (secondary N) is 1. The minimum absolute atomic E-state index is 0.164. The van der Waals surface area contributed by atoms with Gasteiger partial charge in [0, 0.05) is 22.3 Å². The van der Waals surface area contributed by atoms with Crippen LogP contribution in [0.3, 0.4) is 0 Å². The molecule has 0 aliphatic rings. The Balaban J connectivity index is 1.69. The minimum Gasteiger partial charge on any atom is -0.482 e. The average molecular weight is 477 g/mol.